The summed E-state index contributed by atoms with van der Waals surface area (Å²) in [5.74, 6) is 2.70. The Bertz CT molecular complexity index is 378. The van der Waals surface area contributed by atoms with Gasteiger partial charge in [0.15, 0.2) is 0 Å². The van der Waals surface area contributed by atoms with Gasteiger partial charge in [0.1, 0.15) is 0 Å². The van der Waals surface area contributed by atoms with Crippen LogP contribution in [-0.2, 0) is 0 Å². The first kappa shape index (κ1) is 11.1. The summed E-state index contributed by atoms with van der Waals surface area (Å²) in [4.78, 5) is 0. The van der Waals surface area contributed by atoms with Crippen LogP contribution in [0.25, 0.3) is 0 Å². The summed E-state index contributed by atoms with van der Waals surface area (Å²) in [6.07, 6.45) is 7.41. The van der Waals surface area contributed by atoms with Crippen LogP contribution >= 0.6 is 0 Å². The van der Waals surface area contributed by atoms with Crippen molar-refractivity contribution in [3.05, 3.63) is 29.8 Å². The normalized spacial score (nSPS) is 11.1. The van der Waals surface area contributed by atoms with Crippen molar-refractivity contribution in [3.8, 4) is 18.4 Å². The number of benzene rings is 1. The highest BCUT2D eigenvalue weighted by Crippen LogP contribution is 2.11. The van der Waals surface area contributed by atoms with Crippen LogP contribution in [0.15, 0.2) is 24.3 Å². The van der Waals surface area contributed by atoms with E-state index < -0.39 is 0 Å². The summed E-state index contributed by atoms with van der Waals surface area (Å²) in [7, 11) is 0. The highest BCUT2D eigenvalue weighted by molar-refractivity contribution is 5.48. The molecule has 2 nitrogen and oxygen atoms in total. The minimum absolute atomic E-state index is 0.0722. The van der Waals surface area contributed by atoms with Crippen LogP contribution in [0.5, 0.6) is 0 Å². The fourth-order valence-corrected chi connectivity index (χ4v) is 1.33. The zero-order valence-corrected chi connectivity index (χ0v) is 8.83. The van der Waals surface area contributed by atoms with Crippen LogP contribution in [0, 0.1) is 23.7 Å². The lowest BCUT2D eigenvalue weighted by Gasteiger charge is -2.13. The number of anilines is 1. The Morgan fingerprint density at radius 1 is 1.40 bits per heavy atom. The summed E-state index contributed by atoms with van der Waals surface area (Å²) in [5.41, 5.74) is 1.62. The number of terminal acetylenes is 1. The molecule has 2 heteroatoms. The number of nitrogens with zero attached hydrogens (tertiary/aromatic N) is 1. The number of hydrogen-bond donors (Lipinski definition) is 1. The fourth-order valence-electron chi connectivity index (χ4n) is 1.33. The molecule has 0 spiro atoms. The minimum atomic E-state index is 0.0722. The van der Waals surface area contributed by atoms with E-state index in [0.717, 1.165) is 18.5 Å². The number of rotatable bonds is 4. The molecule has 1 rings (SSSR count). The van der Waals surface area contributed by atoms with Crippen molar-refractivity contribution in [2.75, 3.05) is 5.32 Å². The molecule has 1 aromatic carbocycles. The number of nitriles is 1. The Labute approximate surface area is 90.9 Å². The summed E-state index contributed by atoms with van der Waals surface area (Å²) in [6.45, 7) is 2.10. The molecule has 0 saturated heterocycles. The molecule has 1 aromatic rings. The molecule has 1 N–H and O–H groups in total. The van der Waals surface area contributed by atoms with Crippen LogP contribution < -0.4 is 5.32 Å². The molecule has 0 aliphatic rings. The third-order valence-electron chi connectivity index (χ3n) is 2.13. The first-order valence-electron chi connectivity index (χ1n) is 5.03. The number of nitrogens with one attached hydrogen (secondary N) is 1. The molecule has 0 amide bonds. The smallest absolute Gasteiger partial charge is 0.0991 e. The first-order valence-corrected chi connectivity index (χ1v) is 5.03. The van der Waals surface area contributed by atoms with Gasteiger partial charge in [0.25, 0.3) is 0 Å². The maximum Gasteiger partial charge on any atom is 0.0991 e. The van der Waals surface area contributed by atoms with Crippen molar-refractivity contribution in [3.63, 3.8) is 0 Å². The van der Waals surface area contributed by atoms with Crippen molar-refractivity contribution in [2.24, 2.45) is 0 Å². The second kappa shape index (κ2) is 5.73. The molecule has 0 bridgehead atoms. The lowest BCUT2D eigenvalue weighted by atomic mass is 10.1. The summed E-state index contributed by atoms with van der Waals surface area (Å²) in [6, 6.07) is 9.46. The van der Waals surface area contributed by atoms with Gasteiger partial charge in [-0.25, -0.2) is 0 Å². The Kier molecular flexibility index (Phi) is 4.26. The maximum atomic E-state index is 8.64. The van der Waals surface area contributed by atoms with Crippen LogP contribution in [0.4, 0.5) is 5.69 Å². The largest absolute Gasteiger partial charge is 0.372 e. The van der Waals surface area contributed by atoms with Gasteiger partial charge in [-0.05, 0) is 30.7 Å². The van der Waals surface area contributed by atoms with Crippen molar-refractivity contribution < 1.29 is 0 Å². The molecule has 0 aliphatic carbocycles. The predicted molar refractivity (Wildman–Crippen MR) is 62.3 cm³/mol. The van der Waals surface area contributed by atoms with Gasteiger partial charge in [0.2, 0.25) is 0 Å². The van der Waals surface area contributed by atoms with Crippen molar-refractivity contribution in [2.45, 2.75) is 25.8 Å². The average molecular weight is 198 g/mol. The molecule has 76 valence electrons. The molecule has 0 heterocycles. The van der Waals surface area contributed by atoms with Gasteiger partial charge in [-0.2, -0.15) is 5.26 Å². The Balaban J connectivity index is 2.65. The number of hydrogen-bond acceptors (Lipinski definition) is 2. The van der Waals surface area contributed by atoms with Crippen molar-refractivity contribution >= 4 is 5.69 Å². The van der Waals surface area contributed by atoms with Crippen LogP contribution in [0.1, 0.15) is 25.3 Å². The van der Waals surface area contributed by atoms with Gasteiger partial charge in [-0.1, -0.05) is 19.3 Å². The Morgan fingerprint density at radius 2 is 2.07 bits per heavy atom. The minimum Gasteiger partial charge on any atom is -0.372 e. The quantitative estimate of drug-likeness (QED) is 0.755. The standard InChI is InChI=1S/C13H14N2/c1-3-5-12(4-2)15-13-8-6-11(10-14)7-9-13/h2,6-9,12,15H,3,5H2,1H3. The van der Waals surface area contributed by atoms with E-state index in [-0.39, 0.29) is 6.04 Å². The van der Waals surface area contributed by atoms with E-state index in [1.54, 1.807) is 12.1 Å². The SMILES string of the molecule is C#CC(CCC)Nc1ccc(C#N)cc1. The molecular formula is C13H14N2. The van der Waals surface area contributed by atoms with E-state index in [9.17, 15) is 0 Å². The third-order valence-corrected chi connectivity index (χ3v) is 2.13. The third kappa shape index (κ3) is 3.37. The lowest BCUT2D eigenvalue weighted by molar-refractivity contribution is 0.756. The maximum absolute atomic E-state index is 8.64. The monoisotopic (exact) mass is 198 g/mol. The van der Waals surface area contributed by atoms with Crippen molar-refractivity contribution in [1.29, 1.82) is 5.26 Å². The van der Waals surface area contributed by atoms with Gasteiger partial charge < -0.3 is 5.32 Å². The van der Waals surface area contributed by atoms with Gasteiger partial charge in [0.05, 0.1) is 17.7 Å². The van der Waals surface area contributed by atoms with Crippen molar-refractivity contribution in [1.82, 2.24) is 0 Å². The summed E-state index contributed by atoms with van der Waals surface area (Å²) < 4.78 is 0. The Morgan fingerprint density at radius 3 is 2.53 bits per heavy atom. The molecule has 0 fully saturated rings. The van der Waals surface area contributed by atoms with Gasteiger partial charge in [0, 0.05) is 5.69 Å². The second-order valence-electron chi connectivity index (χ2n) is 3.34. The van der Waals surface area contributed by atoms with E-state index >= 15 is 0 Å². The molecule has 0 aromatic heterocycles. The zero-order valence-electron chi connectivity index (χ0n) is 8.83. The van der Waals surface area contributed by atoms with E-state index in [0.29, 0.717) is 5.56 Å². The molecule has 1 atom stereocenters. The second-order valence-corrected chi connectivity index (χ2v) is 3.34. The average Bonchev–Trinajstić information content (AvgIpc) is 2.29. The topological polar surface area (TPSA) is 35.8 Å². The Hall–Kier alpha value is -1.93. The van der Waals surface area contributed by atoms with E-state index in [4.69, 9.17) is 11.7 Å². The summed E-state index contributed by atoms with van der Waals surface area (Å²) >= 11 is 0. The van der Waals surface area contributed by atoms with E-state index in [1.807, 2.05) is 12.1 Å². The fraction of sp³-hybridized carbons (Fsp3) is 0.308. The molecular weight excluding hydrogens is 184 g/mol. The molecule has 0 aliphatic heterocycles. The van der Waals surface area contributed by atoms with Crippen LogP contribution in [-0.4, -0.2) is 6.04 Å². The van der Waals surface area contributed by atoms with Crippen LogP contribution in [0.2, 0.25) is 0 Å². The highest BCUT2D eigenvalue weighted by Gasteiger charge is 2.02. The van der Waals surface area contributed by atoms with Gasteiger partial charge in [-0.3, -0.25) is 0 Å². The van der Waals surface area contributed by atoms with Gasteiger partial charge >= 0.3 is 0 Å². The lowest BCUT2D eigenvalue weighted by Crippen LogP contribution is -2.16. The summed E-state index contributed by atoms with van der Waals surface area (Å²) in [5, 5.41) is 11.9. The molecule has 15 heavy (non-hydrogen) atoms. The highest BCUT2D eigenvalue weighted by atomic mass is 14.9. The molecule has 0 radical (unpaired) electrons. The van der Waals surface area contributed by atoms with Gasteiger partial charge in [-0.15, -0.1) is 6.42 Å². The van der Waals surface area contributed by atoms with Crippen LogP contribution in [0.3, 0.4) is 0 Å². The van der Waals surface area contributed by atoms with E-state index in [1.165, 1.54) is 0 Å². The first-order chi connectivity index (χ1) is 7.30. The zero-order chi connectivity index (χ0) is 11.1. The molecule has 1 unspecified atom stereocenters. The van der Waals surface area contributed by atoms with E-state index in [2.05, 4.69) is 24.2 Å². The predicted octanol–water partition coefficient (Wildman–Crippen LogP) is 2.77. The molecule has 0 saturated carbocycles.